The van der Waals surface area contributed by atoms with Crippen molar-refractivity contribution >= 4 is 39.3 Å². The van der Waals surface area contributed by atoms with Gasteiger partial charge in [-0.2, -0.15) is 0 Å². The van der Waals surface area contributed by atoms with Crippen LogP contribution in [0.2, 0.25) is 0 Å². The Kier molecular flexibility index (Phi) is 5.09. The van der Waals surface area contributed by atoms with Gasteiger partial charge in [0.1, 0.15) is 5.69 Å². The summed E-state index contributed by atoms with van der Waals surface area (Å²) in [4.78, 5) is 13.3. The maximum absolute atomic E-state index is 12.3. The van der Waals surface area contributed by atoms with Gasteiger partial charge in [0.25, 0.3) is 5.91 Å². The molecule has 0 bridgehead atoms. The van der Waals surface area contributed by atoms with Gasteiger partial charge in [0.05, 0.1) is 5.69 Å². The molecule has 1 amide bonds. The van der Waals surface area contributed by atoms with E-state index in [0.29, 0.717) is 5.69 Å². The van der Waals surface area contributed by atoms with Gasteiger partial charge in [0.2, 0.25) is 0 Å². The summed E-state index contributed by atoms with van der Waals surface area (Å²) in [6.07, 6.45) is 3.70. The van der Waals surface area contributed by atoms with E-state index in [-0.39, 0.29) is 5.91 Å². The fourth-order valence-corrected chi connectivity index (χ4v) is 3.05. The number of rotatable bonds is 5. The lowest BCUT2D eigenvalue weighted by Crippen LogP contribution is -2.15. The zero-order valence-electron chi connectivity index (χ0n) is 11.1. The van der Waals surface area contributed by atoms with E-state index >= 15 is 0 Å². The van der Waals surface area contributed by atoms with Crippen molar-refractivity contribution in [2.24, 2.45) is 7.05 Å². The molecular weight excluding hydrogens is 336 g/mol. The molecule has 0 radical (unpaired) electrons. The van der Waals surface area contributed by atoms with Crippen LogP contribution in [0.15, 0.2) is 58.6 Å². The van der Waals surface area contributed by atoms with Gasteiger partial charge in [-0.1, -0.05) is 18.2 Å². The molecule has 1 aromatic carbocycles. The number of aromatic nitrogens is 1. The first-order valence-electron chi connectivity index (χ1n) is 6.07. The normalized spacial score (nSPS) is 10.3. The Morgan fingerprint density at radius 3 is 2.90 bits per heavy atom. The van der Waals surface area contributed by atoms with Crippen LogP contribution in [0.3, 0.4) is 0 Å². The molecule has 1 heterocycles. The number of amides is 1. The maximum atomic E-state index is 12.3. The highest BCUT2D eigenvalue weighted by Crippen LogP contribution is 2.27. The van der Waals surface area contributed by atoms with Crippen molar-refractivity contribution in [2.45, 2.75) is 4.90 Å². The Morgan fingerprint density at radius 1 is 1.50 bits per heavy atom. The number of halogens is 1. The zero-order chi connectivity index (χ0) is 14.5. The van der Waals surface area contributed by atoms with Crippen molar-refractivity contribution in [1.29, 1.82) is 0 Å². The van der Waals surface area contributed by atoms with Crippen LogP contribution in [-0.2, 0) is 7.05 Å². The van der Waals surface area contributed by atoms with Gasteiger partial charge in [0, 0.05) is 28.4 Å². The van der Waals surface area contributed by atoms with Gasteiger partial charge in [-0.15, -0.1) is 18.3 Å². The second-order valence-corrected chi connectivity index (χ2v) is 6.18. The number of aryl methyl sites for hydroxylation is 1. The summed E-state index contributed by atoms with van der Waals surface area (Å²) < 4.78 is 2.68. The first-order valence-corrected chi connectivity index (χ1v) is 7.85. The number of anilines is 1. The molecule has 0 atom stereocenters. The summed E-state index contributed by atoms with van der Waals surface area (Å²) >= 11 is 5.01. The van der Waals surface area contributed by atoms with Crippen LogP contribution in [0, 0.1) is 0 Å². The predicted molar refractivity (Wildman–Crippen MR) is 88.4 cm³/mol. The molecule has 0 saturated heterocycles. The predicted octanol–water partition coefficient (Wildman–Crippen LogP) is 4.32. The highest BCUT2D eigenvalue weighted by Gasteiger charge is 2.12. The van der Waals surface area contributed by atoms with Crippen molar-refractivity contribution in [1.82, 2.24) is 4.57 Å². The van der Waals surface area contributed by atoms with Crippen molar-refractivity contribution < 1.29 is 4.79 Å². The van der Waals surface area contributed by atoms with Crippen LogP contribution in [0.5, 0.6) is 0 Å². The summed E-state index contributed by atoms with van der Waals surface area (Å²) in [6, 6.07) is 9.56. The molecule has 2 rings (SSSR count). The first-order chi connectivity index (χ1) is 9.61. The molecular formula is C15H15BrN2OS. The van der Waals surface area contributed by atoms with Gasteiger partial charge >= 0.3 is 0 Å². The van der Waals surface area contributed by atoms with Gasteiger partial charge in [-0.3, -0.25) is 4.79 Å². The number of para-hydroxylation sites is 1. The van der Waals surface area contributed by atoms with Gasteiger partial charge in [-0.25, -0.2) is 0 Å². The van der Waals surface area contributed by atoms with E-state index in [0.717, 1.165) is 20.8 Å². The topological polar surface area (TPSA) is 34.0 Å². The van der Waals surface area contributed by atoms with Gasteiger partial charge in [-0.05, 0) is 34.1 Å². The van der Waals surface area contributed by atoms with Crippen molar-refractivity contribution in [3.05, 3.63) is 59.4 Å². The van der Waals surface area contributed by atoms with E-state index < -0.39 is 0 Å². The Hall–Kier alpha value is -1.46. The number of nitrogens with one attached hydrogen (secondary N) is 1. The minimum atomic E-state index is -0.121. The Labute approximate surface area is 131 Å². The number of nitrogens with zero attached hydrogens (tertiary/aromatic N) is 1. The van der Waals surface area contributed by atoms with Crippen LogP contribution in [-0.4, -0.2) is 16.2 Å². The smallest absolute Gasteiger partial charge is 0.272 e. The summed E-state index contributed by atoms with van der Waals surface area (Å²) in [5, 5.41) is 2.95. The highest BCUT2D eigenvalue weighted by atomic mass is 79.9. The van der Waals surface area contributed by atoms with Crippen molar-refractivity contribution in [2.75, 3.05) is 11.1 Å². The first kappa shape index (κ1) is 14.9. The Morgan fingerprint density at radius 2 is 2.25 bits per heavy atom. The molecule has 0 aliphatic heterocycles. The summed E-state index contributed by atoms with van der Waals surface area (Å²) in [5.41, 5.74) is 1.43. The van der Waals surface area contributed by atoms with Crippen LogP contribution < -0.4 is 5.32 Å². The molecule has 1 aromatic heterocycles. The number of thioether (sulfide) groups is 1. The molecule has 3 nitrogen and oxygen atoms in total. The van der Waals surface area contributed by atoms with Gasteiger partial charge < -0.3 is 9.88 Å². The lowest BCUT2D eigenvalue weighted by Gasteiger charge is -2.10. The molecule has 0 aliphatic carbocycles. The largest absolute Gasteiger partial charge is 0.345 e. The average Bonchev–Trinajstić information content (AvgIpc) is 2.77. The second kappa shape index (κ2) is 6.81. The van der Waals surface area contributed by atoms with Crippen LogP contribution >= 0.6 is 27.7 Å². The maximum Gasteiger partial charge on any atom is 0.272 e. The molecule has 20 heavy (non-hydrogen) atoms. The number of hydrogen-bond donors (Lipinski definition) is 1. The number of carbonyl (C=O) groups excluding carboxylic acids is 1. The quantitative estimate of drug-likeness (QED) is 0.643. The average molecular weight is 351 g/mol. The van der Waals surface area contributed by atoms with E-state index in [1.807, 2.05) is 43.6 Å². The number of carbonyl (C=O) groups is 1. The molecule has 104 valence electrons. The van der Waals surface area contributed by atoms with Crippen LogP contribution in [0.25, 0.3) is 0 Å². The minimum absolute atomic E-state index is 0.121. The molecule has 5 heteroatoms. The lowest BCUT2D eigenvalue weighted by atomic mass is 10.3. The zero-order valence-corrected chi connectivity index (χ0v) is 13.5. The minimum Gasteiger partial charge on any atom is -0.345 e. The molecule has 2 aromatic rings. The fourth-order valence-electron chi connectivity index (χ4n) is 1.78. The van der Waals surface area contributed by atoms with E-state index in [2.05, 4.69) is 27.8 Å². The van der Waals surface area contributed by atoms with Crippen LogP contribution in [0.1, 0.15) is 10.5 Å². The van der Waals surface area contributed by atoms with Crippen molar-refractivity contribution in [3.8, 4) is 0 Å². The van der Waals surface area contributed by atoms with E-state index in [1.165, 1.54) is 0 Å². The SMILES string of the molecule is C=CCSc1ccccc1NC(=O)c1cc(Br)cn1C. The molecule has 0 aliphatic rings. The lowest BCUT2D eigenvalue weighted by molar-refractivity contribution is 0.101. The summed E-state index contributed by atoms with van der Waals surface area (Å²) in [6.45, 7) is 3.71. The Balaban J connectivity index is 2.19. The third-order valence-electron chi connectivity index (χ3n) is 2.70. The third kappa shape index (κ3) is 3.55. The molecule has 1 N–H and O–H groups in total. The fraction of sp³-hybridized carbons (Fsp3) is 0.133. The molecule has 0 fully saturated rings. The van der Waals surface area contributed by atoms with Gasteiger partial charge in [0.15, 0.2) is 0 Å². The van der Waals surface area contributed by atoms with Crippen molar-refractivity contribution in [3.63, 3.8) is 0 Å². The molecule has 0 saturated carbocycles. The summed E-state index contributed by atoms with van der Waals surface area (Å²) in [7, 11) is 1.85. The monoisotopic (exact) mass is 350 g/mol. The van der Waals surface area contributed by atoms with E-state index in [1.54, 1.807) is 22.4 Å². The third-order valence-corrected chi connectivity index (χ3v) is 4.20. The number of hydrogen-bond acceptors (Lipinski definition) is 2. The molecule has 0 unspecified atom stereocenters. The van der Waals surface area contributed by atoms with Crippen LogP contribution in [0.4, 0.5) is 5.69 Å². The second-order valence-electron chi connectivity index (χ2n) is 4.20. The molecule has 0 spiro atoms. The standard InChI is InChI=1S/C15H15BrN2OS/c1-3-8-20-14-7-5-4-6-12(14)17-15(19)13-9-11(16)10-18(13)2/h3-7,9-10H,1,8H2,2H3,(H,17,19). The summed E-state index contributed by atoms with van der Waals surface area (Å²) in [5.74, 6) is 0.688. The van der Waals surface area contributed by atoms with E-state index in [4.69, 9.17) is 0 Å². The van der Waals surface area contributed by atoms with E-state index in [9.17, 15) is 4.79 Å². The highest BCUT2D eigenvalue weighted by molar-refractivity contribution is 9.10. The Bertz CT molecular complexity index is 637. The number of benzene rings is 1.